The van der Waals surface area contributed by atoms with Gasteiger partial charge in [-0.2, -0.15) is 5.26 Å². The normalized spacial score (nSPS) is 12.1. The largest absolute Gasteiger partial charge is 0.292 e. The van der Waals surface area contributed by atoms with E-state index in [0.29, 0.717) is 6.42 Å². The molecule has 0 aromatic heterocycles. The van der Waals surface area contributed by atoms with Crippen molar-refractivity contribution in [3.05, 3.63) is 25.3 Å². The zero-order chi connectivity index (χ0) is 9.40. The van der Waals surface area contributed by atoms with Crippen LogP contribution in [0.5, 0.6) is 0 Å². The van der Waals surface area contributed by atoms with Gasteiger partial charge in [0.1, 0.15) is 0 Å². The monoisotopic (exact) mass is 164 g/mol. The summed E-state index contributed by atoms with van der Waals surface area (Å²) >= 11 is 0. The summed E-state index contributed by atoms with van der Waals surface area (Å²) in [7, 11) is 0. The number of hydrogen-bond acceptors (Lipinski definition) is 2. The SMILES string of the molecule is C=CCN(CC=C)C(C)CC#N. The van der Waals surface area contributed by atoms with E-state index in [4.69, 9.17) is 5.26 Å². The van der Waals surface area contributed by atoms with Crippen molar-refractivity contribution in [2.75, 3.05) is 13.1 Å². The Morgan fingerprint density at radius 2 is 1.92 bits per heavy atom. The first-order chi connectivity index (χ1) is 5.76. The van der Waals surface area contributed by atoms with Crippen molar-refractivity contribution < 1.29 is 0 Å². The van der Waals surface area contributed by atoms with E-state index in [1.807, 2.05) is 19.1 Å². The lowest BCUT2D eigenvalue weighted by molar-refractivity contribution is 0.259. The van der Waals surface area contributed by atoms with E-state index in [0.717, 1.165) is 13.1 Å². The molecule has 1 unspecified atom stereocenters. The lowest BCUT2D eigenvalue weighted by Crippen LogP contribution is -2.33. The lowest BCUT2D eigenvalue weighted by Gasteiger charge is -2.24. The molecule has 0 aliphatic carbocycles. The van der Waals surface area contributed by atoms with E-state index in [-0.39, 0.29) is 6.04 Å². The van der Waals surface area contributed by atoms with E-state index in [1.165, 1.54) is 0 Å². The molecule has 0 saturated heterocycles. The van der Waals surface area contributed by atoms with Crippen molar-refractivity contribution in [2.24, 2.45) is 0 Å². The molecule has 0 rings (SSSR count). The maximum atomic E-state index is 8.49. The van der Waals surface area contributed by atoms with Crippen LogP contribution in [0.15, 0.2) is 25.3 Å². The predicted octanol–water partition coefficient (Wildman–Crippen LogP) is 1.96. The van der Waals surface area contributed by atoms with E-state index in [1.54, 1.807) is 0 Å². The van der Waals surface area contributed by atoms with Crippen LogP contribution in [0.3, 0.4) is 0 Å². The second-order valence-electron chi connectivity index (χ2n) is 2.74. The van der Waals surface area contributed by atoms with Gasteiger partial charge in [-0.05, 0) is 6.92 Å². The molecular weight excluding hydrogens is 148 g/mol. The first-order valence-electron chi connectivity index (χ1n) is 4.09. The van der Waals surface area contributed by atoms with Gasteiger partial charge in [0.25, 0.3) is 0 Å². The van der Waals surface area contributed by atoms with Crippen molar-refractivity contribution in [1.29, 1.82) is 5.26 Å². The summed E-state index contributed by atoms with van der Waals surface area (Å²) in [6.07, 6.45) is 4.25. The second-order valence-corrected chi connectivity index (χ2v) is 2.74. The van der Waals surface area contributed by atoms with E-state index in [2.05, 4.69) is 24.1 Å². The van der Waals surface area contributed by atoms with Crippen LogP contribution in [0.2, 0.25) is 0 Å². The summed E-state index contributed by atoms with van der Waals surface area (Å²) in [5.74, 6) is 0. The smallest absolute Gasteiger partial charge is 0.0638 e. The van der Waals surface area contributed by atoms with Crippen LogP contribution in [0, 0.1) is 11.3 Å². The van der Waals surface area contributed by atoms with Gasteiger partial charge in [0, 0.05) is 19.1 Å². The fourth-order valence-corrected chi connectivity index (χ4v) is 1.03. The average molecular weight is 164 g/mol. The third kappa shape index (κ3) is 3.95. The first kappa shape index (κ1) is 10.9. The molecule has 0 bridgehead atoms. The molecule has 0 heterocycles. The number of rotatable bonds is 6. The van der Waals surface area contributed by atoms with Gasteiger partial charge in [-0.15, -0.1) is 13.2 Å². The molecule has 0 aromatic rings. The number of hydrogen-bond donors (Lipinski definition) is 0. The quantitative estimate of drug-likeness (QED) is 0.561. The Bertz CT molecular complexity index is 169. The van der Waals surface area contributed by atoms with Crippen LogP contribution < -0.4 is 0 Å². The Balaban J connectivity index is 3.98. The van der Waals surface area contributed by atoms with Crippen molar-refractivity contribution >= 4 is 0 Å². The molecular formula is C10H16N2. The molecule has 0 aliphatic rings. The van der Waals surface area contributed by atoms with Crippen molar-refractivity contribution in [3.8, 4) is 6.07 Å². The highest BCUT2D eigenvalue weighted by atomic mass is 15.1. The average Bonchev–Trinajstić information content (AvgIpc) is 2.04. The second kappa shape index (κ2) is 6.63. The van der Waals surface area contributed by atoms with Gasteiger partial charge in [0.15, 0.2) is 0 Å². The minimum Gasteiger partial charge on any atom is -0.292 e. The molecule has 0 aromatic carbocycles. The van der Waals surface area contributed by atoms with Crippen molar-refractivity contribution in [3.63, 3.8) is 0 Å². The minimum atomic E-state index is 0.283. The highest BCUT2D eigenvalue weighted by Crippen LogP contribution is 2.02. The Labute approximate surface area is 74.8 Å². The standard InChI is InChI=1S/C10H16N2/c1-4-8-12(9-5-2)10(3)6-7-11/h4-5,10H,1-2,6,8-9H2,3H3. The van der Waals surface area contributed by atoms with Gasteiger partial charge in [-0.1, -0.05) is 12.2 Å². The topological polar surface area (TPSA) is 27.0 Å². The fourth-order valence-electron chi connectivity index (χ4n) is 1.03. The van der Waals surface area contributed by atoms with Gasteiger partial charge >= 0.3 is 0 Å². The van der Waals surface area contributed by atoms with Crippen LogP contribution in [0.25, 0.3) is 0 Å². The summed E-state index contributed by atoms with van der Waals surface area (Å²) in [5, 5.41) is 8.49. The van der Waals surface area contributed by atoms with E-state index < -0.39 is 0 Å². The van der Waals surface area contributed by atoms with Crippen LogP contribution in [-0.2, 0) is 0 Å². The zero-order valence-electron chi connectivity index (χ0n) is 7.66. The van der Waals surface area contributed by atoms with Crippen LogP contribution in [-0.4, -0.2) is 24.0 Å². The Hall–Kier alpha value is -1.07. The van der Waals surface area contributed by atoms with Crippen LogP contribution >= 0.6 is 0 Å². The molecule has 0 amide bonds. The highest BCUT2D eigenvalue weighted by molar-refractivity contribution is 4.86. The van der Waals surface area contributed by atoms with Crippen LogP contribution in [0.1, 0.15) is 13.3 Å². The van der Waals surface area contributed by atoms with Crippen molar-refractivity contribution in [2.45, 2.75) is 19.4 Å². The van der Waals surface area contributed by atoms with Crippen LogP contribution in [0.4, 0.5) is 0 Å². The Morgan fingerprint density at radius 3 is 2.25 bits per heavy atom. The molecule has 0 fully saturated rings. The van der Waals surface area contributed by atoms with Gasteiger partial charge in [-0.3, -0.25) is 4.90 Å². The molecule has 0 spiro atoms. The molecule has 12 heavy (non-hydrogen) atoms. The highest BCUT2D eigenvalue weighted by Gasteiger charge is 2.09. The van der Waals surface area contributed by atoms with Gasteiger partial charge in [0.2, 0.25) is 0 Å². The zero-order valence-corrected chi connectivity index (χ0v) is 7.66. The molecule has 0 saturated carbocycles. The summed E-state index contributed by atoms with van der Waals surface area (Å²) in [5.41, 5.74) is 0. The summed E-state index contributed by atoms with van der Waals surface area (Å²) < 4.78 is 0. The molecule has 0 N–H and O–H groups in total. The number of nitrogens with zero attached hydrogens (tertiary/aromatic N) is 2. The lowest BCUT2D eigenvalue weighted by atomic mass is 10.2. The summed E-state index contributed by atoms with van der Waals surface area (Å²) in [6.45, 7) is 11.0. The predicted molar refractivity (Wildman–Crippen MR) is 51.7 cm³/mol. The van der Waals surface area contributed by atoms with E-state index in [9.17, 15) is 0 Å². The van der Waals surface area contributed by atoms with E-state index >= 15 is 0 Å². The molecule has 0 aliphatic heterocycles. The Kier molecular flexibility index (Phi) is 6.04. The first-order valence-corrected chi connectivity index (χ1v) is 4.09. The molecule has 0 radical (unpaired) electrons. The maximum absolute atomic E-state index is 8.49. The minimum absolute atomic E-state index is 0.283. The number of nitriles is 1. The van der Waals surface area contributed by atoms with Gasteiger partial charge in [0.05, 0.1) is 12.5 Å². The van der Waals surface area contributed by atoms with Gasteiger partial charge in [-0.25, -0.2) is 0 Å². The summed E-state index contributed by atoms with van der Waals surface area (Å²) in [4.78, 5) is 2.16. The van der Waals surface area contributed by atoms with Crippen molar-refractivity contribution in [1.82, 2.24) is 4.90 Å². The maximum Gasteiger partial charge on any atom is 0.0638 e. The molecule has 2 heteroatoms. The third-order valence-electron chi connectivity index (χ3n) is 1.74. The molecule has 1 atom stereocenters. The molecule has 2 nitrogen and oxygen atoms in total. The fraction of sp³-hybridized carbons (Fsp3) is 0.500. The third-order valence-corrected chi connectivity index (χ3v) is 1.74. The summed E-state index contributed by atoms with van der Waals surface area (Å²) in [6, 6.07) is 2.44. The Morgan fingerprint density at radius 1 is 1.42 bits per heavy atom. The van der Waals surface area contributed by atoms with Gasteiger partial charge < -0.3 is 0 Å². The molecule has 66 valence electrons.